The molecule has 1 aliphatic heterocycles. The number of nitrogens with one attached hydrogen (secondary N) is 1. The molecule has 1 N–H and O–H groups in total. The average Bonchev–Trinajstić information content (AvgIpc) is 3.34. The van der Waals surface area contributed by atoms with Crippen LogP contribution in [0.1, 0.15) is 37.9 Å². The number of carbonyl (C=O) groups is 1. The standard InChI is InChI=1S/C26H23N3O3S/c1-15(2)32-25(31)22-16(3)28-26-29(23(22)17-9-5-4-6-10-17)24(30)21(33-26)13-18-14-27-20-12-8-7-11-19(18)20/h4-15,23,27H,1-3H3. The Morgan fingerprint density at radius 1 is 1.15 bits per heavy atom. The Morgan fingerprint density at radius 2 is 1.88 bits per heavy atom. The summed E-state index contributed by atoms with van der Waals surface area (Å²) in [7, 11) is 0. The van der Waals surface area contributed by atoms with Crippen LogP contribution < -0.4 is 14.9 Å². The summed E-state index contributed by atoms with van der Waals surface area (Å²) in [5, 5.41) is 1.04. The van der Waals surface area contributed by atoms with Crippen molar-refractivity contribution in [3.8, 4) is 0 Å². The molecule has 0 aliphatic carbocycles. The highest BCUT2D eigenvalue weighted by Gasteiger charge is 2.33. The Labute approximate surface area is 194 Å². The number of hydrogen-bond acceptors (Lipinski definition) is 5. The van der Waals surface area contributed by atoms with E-state index < -0.39 is 12.0 Å². The highest BCUT2D eigenvalue weighted by Crippen LogP contribution is 2.30. The van der Waals surface area contributed by atoms with Gasteiger partial charge in [0.15, 0.2) is 4.80 Å². The molecule has 4 aromatic rings. The number of ether oxygens (including phenoxy) is 1. The van der Waals surface area contributed by atoms with Crippen LogP contribution in [0.2, 0.25) is 0 Å². The monoisotopic (exact) mass is 457 g/mol. The Morgan fingerprint density at radius 3 is 2.64 bits per heavy atom. The maximum absolute atomic E-state index is 13.7. The largest absolute Gasteiger partial charge is 0.459 e. The van der Waals surface area contributed by atoms with Crippen LogP contribution in [0.3, 0.4) is 0 Å². The minimum atomic E-state index is -0.598. The van der Waals surface area contributed by atoms with Crippen LogP contribution in [0, 0.1) is 0 Å². The fourth-order valence-corrected chi connectivity index (χ4v) is 5.20. The van der Waals surface area contributed by atoms with Crippen molar-refractivity contribution in [2.24, 2.45) is 4.99 Å². The molecule has 33 heavy (non-hydrogen) atoms. The fraction of sp³-hybridized carbons (Fsp3) is 0.192. The first-order valence-corrected chi connectivity index (χ1v) is 11.6. The second-order valence-corrected chi connectivity index (χ2v) is 9.25. The van der Waals surface area contributed by atoms with Gasteiger partial charge < -0.3 is 9.72 Å². The van der Waals surface area contributed by atoms with Gasteiger partial charge >= 0.3 is 5.97 Å². The van der Waals surface area contributed by atoms with Gasteiger partial charge in [-0.3, -0.25) is 9.36 Å². The summed E-state index contributed by atoms with van der Waals surface area (Å²) in [6, 6.07) is 16.9. The van der Waals surface area contributed by atoms with Gasteiger partial charge in [0.2, 0.25) is 0 Å². The molecule has 2 aromatic carbocycles. The number of hydrogen-bond donors (Lipinski definition) is 1. The Bertz CT molecular complexity index is 1570. The van der Waals surface area contributed by atoms with Gasteiger partial charge in [-0.2, -0.15) is 0 Å². The number of H-pyrrole nitrogens is 1. The summed E-state index contributed by atoms with van der Waals surface area (Å²) in [5.41, 5.74) is 3.55. The normalized spacial score (nSPS) is 16.2. The molecule has 166 valence electrons. The van der Waals surface area contributed by atoms with Crippen molar-refractivity contribution in [3.63, 3.8) is 0 Å². The zero-order chi connectivity index (χ0) is 23.1. The average molecular weight is 458 g/mol. The third-order valence-corrected chi connectivity index (χ3v) is 6.59. The summed E-state index contributed by atoms with van der Waals surface area (Å²) in [5.74, 6) is -0.453. The first-order valence-electron chi connectivity index (χ1n) is 10.8. The topological polar surface area (TPSA) is 76.5 Å². The number of benzene rings is 2. The van der Waals surface area contributed by atoms with Crippen molar-refractivity contribution < 1.29 is 9.53 Å². The molecule has 3 heterocycles. The highest BCUT2D eigenvalue weighted by atomic mass is 32.1. The summed E-state index contributed by atoms with van der Waals surface area (Å²) in [6.45, 7) is 5.41. The molecule has 6 nitrogen and oxygen atoms in total. The molecule has 0 bridgehead atoms. The lowest BCUT2D eigenvalue weighted by atomic mass is 9.96. The van der Waals surface area contributed by atoms with Crippen LogP contribution in [-0.4, -0.2) is 21.6 Å². The van der Waals surface area contributed by atoms with Gasteiger partial charge in [0.05, 0.1) is 27.9 Å². The number of para-hydroxylation sites is 1. The van der Waals surface area contributed by atoms with Gasteiger partial charge in [-0.05, 0) is 38.5 Å². The highest BCUT2D eigenvalue weighted by molar-refractivity contribution is 7.07. The molecule has 0 fully saturated rings. The minimum absolute atomic E-state index is 0.180. The number of allylic oxidation sites excluding steroid dienone is 1. The second-order valence-electron chi connectivity index (χ2n) is 8.24. The van der Waals surface area contributed by atoms with E-state index in [-0.39, 0.29) is 11.7 Å². The Kier molecular flexibility index (Phi) is 5.34. The van der Waals surface area contributed by atoms with Crippen molar-refractivity contribution in [2.45, 2.75) is 32.9 Å². The van der Waals surface area contributed by atoms with E-state index in [0.29, 0.717) is 20.6 Å². The summed E-state index contributed by atoms with van der Waals surface area (Å²) < 4.78 is 7.70. The van der Waals surface area contributed by atoms with Crippen LogP contribution >= 0.6 is 11.3 Å². The predicted octanol–water partition coefficient (Wildman–Crippen LogP) is 3.67. The van der Waals surface area contributed by atoms with Gasteiger partial charge in [0.1, 0.15) is 0 Å². The maximum Gasteiger partial charge on any atom is 0.338 e. The van der Waals surface area contributed by atoms with Crippen LogP contribution in [0.15, 0.2) is 81.9 Å². The molecule has 1 aliphatic rings. The van der Waals surface area contributed by atoms with Crippen LogP contribution in [-0.2, 0) is 9.53 Å². The van der Waals surface area contributed by atoms with Gasteiger partial charge in [0, 0.05) is 22.7 Å². The van der Waals surface area contributed by atoms with Crippen LogP contribution in [0.4, 0.5) is 0 Å². The molecule has 1 unspecified atom stereocenters. The minimum Gasteiger partial charge on any atom is -0.459 e. The number of fused-ring (bicyclic) bond motifs is 2. The summed E-state index contributed by atoms with van der Waals surface area (Å²) >= 11 is 1.33. The molecule has 0 amide bonds. The second kappa shape index (κ2) is 8.33. The first-order chi connectivity index (χ1) is 15.9. The number of aromatic nitrogens is 2. The first kappa shape index (κ1) is 21.2. The van der Waals surface area contributed by atoms with E-state index in [1.807, 2.05) is 80.7 Å². The zero-order valence-corrected chi connectivity index (χ0v) is 19.3. The lowest BCUT2D eigenvalue weighted by Crippen LogP contribution is -2.40. The number of nitrogens with zero attached hydrogens (tertiary/aromatic N) is 2. The van der Waals surface area contributed by atoms with Crippen molar-refractivity contribution >= 4 is 34.3 Å². The molecule has 0 saturated carbocycles. The van der Waals surface area contributed by atoms with Crippen molar-refractivity contribution in [1.82, 2.24) is 9.55 Å². The summed E-state index contributed by atoms with van der Waals surface area (Å²) in [6.07, 6.45) is 3.50. The summed E-state index contributed by atoms with van der Waals surface area (Å²) in [4.78, 5) is 35.2. The van der Waals surface area contributed by atoms with Crippen molar-refractivity contribution in [2.75, 3.05) is 0 Å². The van der Waals surface area contributed by atoms with Gasteiger partial charge in [-0.15, -0.1) is 0 Å². The molecular formula is C26H23N3O3S. The number of esters is 1. The molecule has 0 spiro atoms. The zero-order valence-electron chi connectivity index (χ0n) is 18.5. The number of thiazole rings is 1. The third kappa shape index (κ3) is 3.74. The molecule has 1 atom stereocenters. The van der Waals surface area contributed by atoms with Crippen LogP contribution in [0.5, 0.6) is 0 Å². The van der Waals surface area contributed by atoms with E-state index in [0.717, 1.165) is 22.0 Å². The lowest BCUT2D eigenvalue weighted by Gasteiger charge is -2.25. The quantitative estimate of drug-likeness (QED) is 0.475. The van der Waals surface area contributed by atoms with E-state index in [1.54, 1.807) is 11.5 Å². The molecular weight excluding hydrogens is 434 g/mol. The lowest BCUT2D eigenvalue weighted by molar-refractivity contribution is -0.143. The molecule has 2 aromatic heterocycles. The molecule has 5 rings (SSSR count). The number of carbonyl (C=O) groups excluding carboxylic acids is 1. The Balaban J connectivity index is 1.73. The smallest absolute Gasteiger partial charge is 0.338 e. The predicted molar refractivity (Wildman–Crippen MR) is 130 cm³/mol. The fourth-order valence-electron chi connectivity index (χ4n) is 4.17. The molecule has 7 heteroatoms. The van der Waals surface area contributed by atoms with E-state index in [1.165, 1.54) is 11.3 Å². The van der Waals surface area contributed by atoms with Gasteiger partial charge in [-0.25, -0.2) is 9.79 Å². The van der Waals surface area contributed by atoms with E-state index in [2.05, 4.69) is 9.98 Å². The van der Waals surface area contributed by atoms with Crippen molar-refractivity contribution in [1.29, 1.82) is 0 Å². The van der Waals surface area contributed by atoms with E-state index in [4.69, 9.17) is 4.74 Å². The third-order valence-electron chi connectivity index (χ3n) is 5.61. The van der Waals surface area contributed by atoms with Crippen LogP contribution in [0.25, 0.3) is 17.0 Å². The molecule has 0 saturated heterocycles. The number of aromatic amines is 1. The number of rotatable bonds is 4. The molecule has 0 radical (unpaired) electrons. The van der Waals surface area contributed by atoms with Gasteiger partial charge in [-0.1, -0.05) is 59.9 Å². The Hall–Kier alpha value is -3.71. The van der Waals surface area contributed by atoms with E-state index in [9.17, 15) is 9.59 Å². The van der Waals surface area contributed by atoms with Crippen molar-refractivity contribution in [3.05, 3.63) is 103 Å². The SMILES string of the molecule is CC1=C(C(=O)OC(C)C)C(c2ccccc2)n2c(sc(=Cc3c[nH]c4ccccc34)c2=O)=N1. The maximum atomic E-state index is 13.7. The van der Waals surface area contributed by atoms with Gasteiger partial charge in [0.25, 0.3) is 5.56 Å². The van der Waals surface area contributed by atoms with E-state index >= 15 is 0 Å².